The molecule has 1 unspecified atom stereocenters. The van der Waals surface area contributed by atoms with Crippen LogP contribution in [-0.4, -0.2) is 21.6 Å². The minimum atomic E-state index is -0.960. The summed E-state index contributed by atoms with van der Waals surface area (Å²) < 4.78 is 2.24. The van der Waals surface area contributed by atoms with Crippen LogP contribution in [0.5, 0.6) is 0 Å². The molecular formula is C33H36N2O3. The van der Waals surface area contributed by atoms with E-state index >= 15 is 0 Å². The van der Waals surface area contributed by atoms with Crippen LogP contribution < -0.4 is 5.32 Å². The molecule has 1 saturated carbocycles. The Labute approximate surface area is 224 Å². The fraction of sp³-hybridized carbons (Fsp3) is 0.333. The quantitative estimate of drug-likeness (QED) is 0.268. The topological polar surface area (TPSA) is 71.3 Å². The summed E-state index contributed by atoms with van der Waals surface area (Å²) in [6, 6.07) is 22.2. The van der Waals surface area contributed by atoms with Gasteiger partial charge in [-0.25, -0.2) is 0 Å². The zero-order valence-corrected chi connectivity index (χ0v) is 22.8. The first-order valence-corrected chi connectivity index (χ1v) is 13.4. The number of aryl methyl sites for hydroxylation is 1. The third-order valence-corrected chi connectivity index (χ3v) is 8.23. The number of hydrogen-bond donors (Lipinski definition) is 2. The lowest BCUT2D eigenvalue weighted by Gasteiger charge is -2.20. The number of carboxylic acids is 1. The SMILES string of the molecule is Cc1c(C)n(Cc2cccc(C(C)(C)C(=O)O)c2)c2ccc(C(=O)NC(C)c3cccc(C4CC4)c3)cc12. The van der Waals surface area contributed by atoms with Crippen molar-refractivity contribution in [3.05, 3.63) is 106 Å². The van der Waals surface area contributed by atoms with E-state index in [4.69, 9.17) is 0 Å². The number of aromatic nitrogens is 1. The Balaban J connectivity index is 1.39. The fourth-order valence-corrected chi connectivity index (χ4v) is 5.22. The number of benzene rings is 3. The summed E-state index contributed by atoms with van der Waals surface area (Å²) in [5.41, 5.74) is 7.35. The molecule has 0 aliphatic heterocycles. The molecule has 1 atom stereocenters. The van der Waals surface area contributed by atoms with Crippen LogP contribution in [0.15, 0.2) is 66.7 Å². The summed E-state index contributed by atoms with van der Waals surface area (Å²) in [4.78, 5) is 25.0. The molecule has 0 spiro atoms. The summed E-state index contributed by atoms with van der Waals surface area (Å²) in [5.74, 6) is -0.241. The van der Waals surface area contributed by atoms with Gasteiger partial charge in [0.1, 0.15) is 0 Å². The highest BCUT2D eigenvalue weighted by Gasteiger charge is 2.29. The molecule has 0 bridgehead atoms. The van der Waals surface area contributed by atoms with E-state index in [9.17, 15) is 14.7 Å². The van der Waals surface area contributed by atoms with E-state index in [0.717, 1.165) is 38.9 Å². The second-order valence-corrected chi connectivity index (χ2v) is 11.3. The average molecular weight is 509 g/mol. The number of nitrogens with zero attached hydrogens (tertiary/aromatic N) is 1. The van der Waals surface area contributed by atoms with Gasteiger partial charge in [0, 0.05) is 28.7 Å². The summed E-state index contributed by atoms with van der Waals surface area (Å²) in [5, 5.41) is 13.9. The predicted molar refractivity (Wildman–Crippen MR) is 152 cm³/mol. The van der Waals surface area contributed by atoms with Crippen LogP contribution >= 0.6 is 0 Å². The lowest BCUT2D eigenvalue weighted by molar-refractivity contribution is -0.142. The molecule has 1 fully saturated rings. The third-order valence-electron chi connectivity index (χ3n) is 8.23. The lowest BCUT2D eigenvalue weighted by Crippen LogP contribution is -2.28. The maximum atomic E-state index is 13.2. The van der Waals surface area contributed by atoms with Gasteiger partial charge in [-0.2, -0.15) is 0 Å². The van der Waals surface area contributed by atoms with Gasteiger partial charge in [0.05, 0.1) is 11.5 Å². The standard InChI is InChI=1S/C33H36N2O3/c1-20-22(3)35(19-23-8-6-11-28(16-23)33(4,5)32(37)38)30-15-14-27(18-29(20)30)31(36)34-21(2)25-9-7-10-26(17-25)24-12-13-24/h6-11,14-18,21,24H,12-13,19H2,1-5H3,(H,34,36)(H,37,38). The Hall–Kier alpha value is -3.86. The van der Waals surface area contributed by atoms with Gasteiger partial charge in [-0.15, -0.1) is 0 Å². The average Bonchev–Trinajstić information content (AvgIpc) is 3.73. The molecule has 1 heterocycles. The first-order chi connectivity index (χ1) is 18.1. The number of rotatable bonds is 8. The van der Waals surface area contributed by atoms with Crippen LogP contribution in [0.4, 0.5) is 0 Å². The molecule has 3 aromatic carbocycles. The molecule has 5 rings (SSSR count). The van der Waals surface area contributed by atoms with Crippen molar-refractivity contribution in [2.75, 3.05) is 0 Å². The van der Waals surface area contributed by atoms with Gasteiger partial charge >= 0.3 is 5.97 Å². The van der Waals surface area contributed by atoms with Crippen molar-refractivity contribution < 1.29 is 14.7 Å². The molecule has 1 aromatic heterocycles. The highest BCUT2D eigenvalue weighted by Crippen LogP contribution is 2.40. The molecule has 0 saturated heterocycles. The number of hydrogen-bond acceptors (Lipinski definition) is 2. The molecular weight excluding hydrogens is 472 g/mol. The number of fused-ring (bicyclic) bond motifs is 1. The molecule has 5 heteroatoms. The zero-order valence-electron chi connectivity index (χ0n) is 22.8. The molecule has 2 N–H and O–H groups in total. The number of carboxylic acid groups (broad SMARTS) is 1. The molecule has 1 aliphatic rings. The fourth-order valence-electron chi connectivity index (χ4n) is 5.22. The van der Waals surface area contributed by atoms with Gasteiger partial charge in [-0.3, -0.25) is 9.59 Å². The van der Waals surface area contributed by atoms with E-state index in [-0.39, 0.29) is 11.9 Å². The number of carbonyl (C=O) groups excluding carboxylic acids is 1. The van der Waals surface area contributed by atoms with Crippen molar-refractivity contribution >= 4 is 22.8 Å². The van der Waals surface area contributed by atoms with Crippen LogP contribution in [0.25, 0.3) is 10.9 Å². The van der Waals surface area contributed by atoms with Gasteiger partial charge in [0.25, 0.3) is 5.91 Å². The minimum Gasteiger partial charge on any atom is -0.481 e. The van der Waals surface area contributed by atoms with E-state index in [2.05, 4.69) is 48.0 Å². The van der Waals surface area contributed by atoms with E-state index < -0.39 is 11.4 Å². The number of carbonyl (C=O) groups is 2. The molecule has 38 heavy (non-hydrogen) atoms. The van der Waals surface area contributed by atoms with Crippen molar-refractivity contribution in [3.8, 4) is 0 Å². The number of aliphatic carboxylic acids is 1. The molecule has 196 valence electrons. The van der Waals surface area contributed by atoms with Crippen molar-refractivity contribution in [1.82, 2.24) is 9.88 Å². The van der Waals surface area contributed by atoms with Crippen molar-refractivity contribution in [1.29, 1.82) is 0 Å². The molecule has 0 radical (unpaired) electrons. The Kier molecular flexibility index (Phi) is 6.64. The zero-order chi connectivity index (χ0) is 27.2. The predicted octanol–water partition coefficient (Wildman–Crippen LogP) is 7.04. The van der Waals surface area contributed by atoms with Gasteiger partial charge < -0.3 is 15.0 Å². The van der Waals surface area contributed by atoms with Crippen molar-refractivity contribution in [3.63, 3.8) is 0 Å². The van der Waals surface area contributed by atoms with Gasteiger partial charge in [0.15, 0.2) is 0 Å². The van der Waals surface area contributed by atoms with E-state index in [1.807, 2.05) is 49.4 Å². The van der Waals surface area contributed by atoms with Crippen LogP contribution in [0.3, 0.4) is 0 Å². The maximum absolute atomic E-state index is 13.2. The van der Waals surface area contributed by atoms with Crippen LogP contribution in [0.1, 0.15) is 89.4 Å². The smallest absolute Gasteiger partial charge is 0.313 e. The Bertz CT molecular complexity index is 1540. The third kappa shape index (κ3) is 4.85. The number of nitrogens with one attached hydrogen (secondary N) is 1. The minimum absolute atomic E-state index is 0.0772. The molecule has 1 amide bonds. The van der Waals surface area contributed by atoms with E-state index in [0.29, 0.717) is 18.0 Å². The lowest BCUT2D eigenvalue weighted by atomic mass is 9.84. The summed E-state index contributed by atoms with van der Waals surface area (Å²) >= 11 is 0. The van der Waals surface area contributed by atoms with Gasteiger partial charge in [-0.1, -0.05) is 48.5 Å². The Morgan fingerprint density at radius 3 is 2.47 bits per heavy atom. The largest absolute Gasteiger partial charge is 0.481 e. The molecule has 1 aliphatic carbocycles. The Morgan fingerprint density at radius 2 is 1.76 bits per heavy atom. The molecule has 4 aromatic rings. The first-order valence-electron chi connectivity index (χ1n) is 13.4. The van der Waals surface area contributed by atoms with Crippen molar-refractivity contribution in [2.45, 2.75) is 71.4 Å². The van der Waals surface area contributed by atoms with Gasteiger partial charge in [-0.05, 0) is 99.4 Å². The second-order valence-electron chi connectivity index (χ2n) is 11.3. The highest BCUT2D eigenvalue weighted by atomic mass is 16.4. The summed E-state index contributed by atoms with van der Waals surface area (Å²) in [6.45, 7) is 10.3. The second kappa shape index (κ2) is 9.79. The van der Waals surface area contributed by atoms with Crippen molar-refractivity contribution in [2.24, 2.45) is 0 Å². The van der Waals surface area contributed by atoms with Crippen LogP contribution in [0.2, 0.25) is 0 Å². The summed E-state index contributed by atoms with van der Waals surface area (Å²) in [6.07, 6.45) is 2.52. The van der Waals surface area contributed by atoms with Crippen LogP contribution in [-0.2, 0) is 16.8 Å². The maximum Gasteiger partial charge on any atom is 0.313 e. The summed E-state index contributed by atoms with van der Waals surface area (Å²) in [7, 11) is 0. The highest BCUT2D eigenvalue weighted by molar-refractivity contribution is 5.99. The van der Waals surface area contributed by atoms with Gasteiger partial charge in [0.2, 0.25) is 0 Å². The van der Waals surface area contributed by atoms with E-state index in [1.54, 1.807) is 13.8 Å². The van der Waals surface area contributed by atoms with Crippen LogP contribution in [0, 0.1) is 13.8 Å². The van der Waals surface area contributed by atoms with E-state index in [1.165, 1.54) is 18.4 Å². The molecule has 5 nitrogen and oxygen atoms in total. The first kappa shape index (κ1) is 25.8. The monoisotopic (exact) mass is 508 g/mol. The Morgan fingerprint density at radius 1 is 1.03 bits per heavy atom. The number of amides is 1. The normalized spacial score (nSPS) is 14.4.